The molecular weight excluding hydrogens is 227 g/mol. The molecule has 0 aliphatic carbocycles. The fourth-order valence-electron chi connectivity index (χ4n) is 0.419. The molecule has 1 atom stereocenters. The minimum atomic E-state index is -3.57. The molecular formula is C6H12ClNaO4S. The number of hydrogen-bond donors (Lipinski definition) is 1. The molecule has 1 unspecified atom stereocenters. The molecule has 0 aromatic heterocycles. The summed E-state index contributed by atoms with van der Waals surface area (Å²) in [5.74, 6) is -0.314. The number of hydrogen-bond acceptors (Lipinski definition) is 4. The maximum atomic E-state index is 10.8. The molecule has 7 heteroatoms. The maximum absolute atomic E-state index is 10.8. The Morgan fingerprint density at radius 3 is 2.62 bits per heavy atom. The summed E-state index contributed by atoms with van der Waals surface area (Å²) in [6.45, 7) is 2.94. The monoisotopic (exact) mass is 238 g/mol. The van der Waals surface area contributed by atoms with Crippen molar-refractivity contribution in [3.05, 3.63) is 12.7 Å². The SMILES string of the molecule is C=CCS(=O)(=O)OCC(O)CCl.[H-].[Na+]. The first-order valence-corrected chi connectivity index (χ1v) is 5.35. The van der Waals surface area contributed by atoms with E-state index in [9.17, 15) is 8.42 Å². The van der Waals surface area contributed by atoms with Gasteiger partial charge >= 0.3 is 29.6 Å². The third-order valence-corrected chi connectivity index (χ3v) is 2.44. The first-order chi connectivity index (χ1) is 5.52. The number of alkyl halides is 1. The van der Waals surface area contributed by atoms with E-state index < -0.39 is 16.2 Å². The van der Waals surface area contributed by atoms with Crippen molar-refractivity contribution in [3.63, 3.8) is 0 Å². The van der Waals surface area contributed by atoms with Crippen LogP contribution in [-0.2, 0) is 14.3 Å². The smallest absolute Gasteiger partial charge is 1.00 e. The Morgan fingerprint density at radius 2 is 2.23 bits per heavy atom. The Labute approximate surface area is 107 Å². The Morgan fingerprint density at radius 1 is 1.69 bits per heavy atom. The largest absolute Gasteiger partial charge is 1.00 e. The quantitative estimate of drug-likeness (QED) is 0.236. The summed E-state index contributed by atoms with van der Waals surface area (Å²) in [5.41, 5.74) is 0. The molecule has 0 spiro atoms. The fraction of sp³-hybridized carbons (Fsp3) is 0.667. The Bertz CT molecular complexity index is 234. The molecule has 0 heterocycles. The summed E-state index contributed by atoms with van der Waals surface area (Å²) >= 11 is 5.21. The van der Waals surface area contributed by atoms with Crippen LogP contribution in [0.25, 0.3) is 0 Å². The van der Waals surface area contributed by atoms with Crippen molar-refractivity contribution in [2.45, 2.75) is 6.10 Å². The van der Waals surface area contributed by atoms with Crippen molar-refractivity contribution in [3.8, 4) is 0 Å². The van der Waals surface area contributed by atoms with Crippen LogP contribution in [-0.4, -0.2) is 37.9 Å². The molecule has 0 bridgehead atoms. The van der Waals surface area contributed by atoms with E-state index in [4.69, 9.17) is 16.7 Å². The summed E-state index contributed by atoms with van der Waals surface area (Å²) in [6, 6.07) is 0. The van der Waals surface area contributed by atoms with Gasteiger partial charge in [-0.2, -0.15) is 8.42 Å². The van der Waals surface area contributed by atoms with E-state index in [0.717, 1.165) is 0 Å². The van der Waals surface area contributed by atoms with E-state index in [2.05, 4.69) is 10.8 Å². The summed E-state index contributed by atoms with van der Waals surface area (Å²) in [4.78, 5) is 0. The van der Waals surface area contributed by atoms with Crippen molar-refractivity contribution < 1.29 is 48.7 Å². The molecule has 1 N–H and O–H groups in total. The number of aliphatic hydroxyl groups excluding tert-OH is 1. The Balaban J connectivity index is -0.000000605. The van der Waals surface area contributed by atoms with Crippen molar-refractivity contribution in [2.75, 3.05) is 18.2 Å². The topological polar surface area (TPSA) is 63.6 Å². The van der Waals surface area contributed by atoms with Crippen molar-refractivity contribution in [1.82, 2.24) is 0 Å². The van der Waals surface area contributed by atoms with Gasteiger partial charge < -0.3 is 6.53 Å². The predicted molar refractivity (Wildman–Crippen MR) is 47.8 cm³/mol. The molecule has 0 amide bonds. The summed E-state index contributed by atoms with van der Waals surface area (Å²) in [7, 11) is -3.57. The zero-order valence-electron chi connectivity index (χ0n) is 8.44. The van der Waals surface area contributed by atoms with Gasteiger partial charge in [0.1, 0.15) is 0 Å². The van der Waals surface area contributed by atoms with Gasteiger partial charge in [-0.05, 0) is 0 Å². The van der Waals surface area contributed by atoms with Gasteiger partial charge in [0.05, 0.1) is 24.3 Å². The van der Waals surface area contributed by atoms with Crippen molar-refractivity contribution in [1.29, 1.82) is 0 Å². The molecule has 0 fully saturated rings. The Hall–Kier alpha value is 0.900. The molecule has 0 saturated heterocycles. The van der Waals surface area contributed by atoms with Gasteiger partial charge in [-0.25, -0.2) is 0 Å². The normalized spacial score (nSPS) is 13.1. The maximum Gasteiger partial charge on any atom is 1.00 e. The van der Waals surface area contributed by atoms with E-state index in [-0.39, 0.29) is 49.2 Å². The molecule has 0 aliphatic heterocycles. The summed E-state index contributed by atoms with van der Waals surface area (Å²) in [6.07, 6.45) is 0.258. The van der Waals surface area contributed by atoms with Crippen molar-refractivity contribution in [2.24, 2.45) is 0 Å². The van der Waals surface area contributed by atoms with Gasteiger partial charge in [-0.3, -0.25) is 4.18 Å². The molecule has 0 aromatic rings. The molecule has 0 aromatic carbocycles. The predicted octanol–water partition coefficient (Wildman–Crippen LogP) is -2.76. The van der Waals surface area contributed by atoms with E-state index in [1.165, 1.54) is 6.08 Å². The number of halogens is 1. The molecule has 0 radical (unpaired) electrons. The van der Waals surface area contributed by atoms with Gasteiger partial charge in [-0.15, -0.1) is 18.2 Å². The van der Waals surface area contributed by atoms with E-state index in [0.29, 0.717) is 0 Å². The number of rotatable bonds is 6. The van der Waals surface area contributed by atoms with Gasteiger partial charge in [0, 0.05) is 0 Å². The number of aliphatic hydroxyl groups is 1. The van der Waals surface area contributed by atoms with Crippen LogP contribution in [0.2, 0.25) is 0 Å². The van der Waals surface area contributed by atoms with Crippen LogP contribution in [0.15, 0.2) is 12.7 Å². The second-order valence-electron chi connectivity index (χ2n) is 2.11. The molecule has 4 nitrogen and oxygen atoms in total. The van der Waals surface area contributed by atoms with E-state index >= 15 is 0 Å². The molecule has 0 saturated carbocycles. The zero-order chi connectivity index (χ0) is 9.61. The van der Waals surface area contributed by atoms with Crippen LogP contribution in [0, 0.1) is 0 Å². The summed E-state index contributed by atoms with van der Waals surface area (Å²) < 4.78 is 26.0. The molecule has 13 heavy (non-hydrogen) atoms. The first kappa shape index (κ1) is 16.3. The second-order valence-corrected chi connectivity index (χ2v) is 4.10. The third kappa shape index (κ3) is 9.21. The standard InChI is InChI=1S/C6H11ClO4S.Na.H/c1-2-3-12(9,10)11-5-6(8)4-7;;/h2,6,8H,1,3-5H2;;/q;+1;-1. The fourth-order valence-corrected chi connectivity index (χ4v) is 1.26. The average Bonchev–Trinajstić information content (AvgIpc) is 2.00. The van der Waals surface area contributed by atoms with Gasteiger partial charge in [-0.1, -0.05) is 6.08 Å². The van der Waals surface area contributed by atoms with E-state index in [1.807, 2.05) is 0 Å². The van der Waals surface area contributed by atoms with Crippen LogP contribution >= 0.6 is 11.6 Å². The third-order valence-electron chi connectivity index (χ3n) is 0.940. The zero-order valence-corrected chi connectivity index (χ0v) is 11.0. The average molecular weight is 239 g/mol. The van der Waals surface area contributed by atoms with Crippen LogP contribution < -0.4 is 29.6 Å². The minimum Gasteiger partial charge on any atom is -1.00 e. The first-order valence-electron chi connectivity index (χ1n) is 3.24. The molecule has 0 aliphatic rings. The van der Waals surface area contributed by atoms with Crippen LogP contribution in [0.1, 0.15) is 1.43 Å². The Kier molecular flexibility index (Phi) is 10.3. The van der Waals surface area contributed by atoms with Gasteiger partial charge in [0.2, 0.25) is 0 Å². The van der Waals surface area contributed by atoms with Crippen LogP contribution in [0.4, 0.5) is 0 Å². The van der Waals surface area contributed by atoms with Gasteiger partial charge in [0.25, 0.3) is 10.1 Å². The second kappa shape index (κ2) is 8.23. The molecule has 74 valence electrons. The van der Waals surface area contributed by atoms with Crippen LogP contribution in [0.5, 0.6) is 0 Å². The van der Waals surface area contributed by atoms with Gasteiger partial charge in [0.15, 0.2) is 0 Å². The minimum absolute atomic E-state index is 0. The van der Waals surface area contributed by atoms with E-state index in [1.54, 1.807) is 0 Å². The molecule has 0 rings (SSSR count). The summed E-state index contributed by atoms with van der Waals surface area (Å²) in [5, 5.41) is 8.84. The van der Waals surface area contributed by atoms with Crippen LogP contribution in [0.3, 0.4) is 0 Å². The van der Waals surface area contributed by atoms with Crippen molar-refractivity contribution >= 4 is 21.7 Å².